The Balaban J connectivity index is 1.63. The summed E-state index contributed by atoms with van der Waals surface area (Å²) in [4.78, 5) is 25.2. The Hall–Kier alpha value is -3.00. The molecule has 27 heavy (non-hydrogen) atoms. The fourth-order valence-corrected chi connectivity index (χ4v) is 3.46. The van der Waals surface area contributed by atoms with Gasteiger partial charge < -0.3 is 18.8 Å². The molecule has 1 aromatic carbocycles. The maximum Gasteiger partial charge on any atom is 0.305 e. The van der Waals surface area contributed by atoms with Gasteiger partial charge in [-0.15, -0.1) is 0 Å². The van der Waals surface area contributed by atoms with Crippen molar-refractivity contribution in [3.8, 4) is 11.5 Å². The lowest BCUT2D eigenvalue weighted by Crippen LogP contribution is -3.11. The Labute approximate surface area is 157 Å². The quantitative estimate of drug-likeness (QED) is 0.640. The van der Waals surface area contributed by atoms with Crippen molar-refractivity contribution >= 4 is 11.8 Å². The summed E-state index contributed by atoms with van der Waals surface area (Å²) in [5.74, 6) is 0.927. The van der Waals surface area contributed by atoms with Gasteiger partial charge in [0.05, 0.1) is 32.6 Å². The van der Waals surface area contributed by atoms with Crippen LogP contribution in [0.1, 0.15) is 35.0 Å². The van der Waals surface area contributed by atoms with Gasteiger partial charge in [-0.05, 0) is 30.3 Å². The standard InChI is InChI=1S/C19H23N3O5/c1-25-13-7-8-16(26-2)14(11-13)15-5-3-9-22(15)12-18(23)20-21-19(24)17-6-4-10-27-17/h4,6-8,10-11,15H,3,5,9,12H2,1-2H3,(H,20,23)(H,21,24)/p+1/t15-/m0/s1. The number of amides is 2. The summed E-state index contributed by atoms with van der Waals surface area (Å²) >= 11 is 0. The van der Waals surface area contributed by atoms with Crippen LogP contribution in [0.25, 0.3) is 0 Å². The minimum absolute atomic E-state index is 0.126. The fourth-order valence-electron chi connectivity index (χ4n) is 3.46. The van der Waals surface area contributed by atoms with Crippen molar-refractivity contribution in [2.75, 3.05) is 27.3 Å². The van der Waals surface area contributed by atoms with Crippen molar-refractivity contribution in [2.24, 2.45) is 0 Å². The molecule has 3 rings (SSSR count). The molecule has 0 aliphatic carbocycles. The molecule has 8 heteroatoms. The van der Waals surface area contributed by atoms with Gasteiger partial charge in [0.15, 0.2) is 12.3 Å². The number of rotatable bonds is 6. The Morgan fingerprint density at radius 2 is 2.07 bits per heavy atom. The molecule has 0 spiro atoms. The van der Waals surface area contributed by atoms with E-state index in [0.717, 1.165) is 41.3 Å². The molecule has 1 aliphatic rings. The SMILES string of the molecule is COc1ccc(OC)c([C@@H]2CCC[NH+]2CC(=O)NNC(=O)c2ccco2)c1. The number of carbonyl (C=O) groups is 2. The van der Waals surface area contributed by atoms with Gasteiger partial charge in [-0.3, -0.25) is 20.4 Å². The number of methoxy groups -OCH3 is 2. The van der Waals surface area contributed by atoms with E-state index in [4.69, 9.17) is 13.9 Å². The van der Waals surface area contributed by atoms with Crippen LogP contribution in [0.2, 0.25) is 0 Å². The monoisotopic (exact) mass is 374 g/mol. The Morgan fingerprint density at radius 3 is 2.78 bits per heavy atom. The zero-order valence-corrected chi connectivity index (χ0v) is 15.4. The molecule has 1 saturated heterocycles. The second-order valence-electron chi connectivity index (χ2n) is 6.37. The van der Waals surface area contributed by atoms with E-state index in [0.29, 0.717) is 0 Å². The lowest BCUT2D eigenvalue weighted by atomic mass is 10.0. The zero-order valence-electron chi connectivity index (χ0n) is 15.4. The number of carbonyl (C=O) groups excluding carboxylic acids is 2. The highest BCUT2D eigenvalue weighted by atomic mass is 16.5. The van der Waals surface area contributed by atoms with Crippen molar-refractivity contribution in [3.05, 3.63) is 47.9 Å². The molecule has 144 valence electrons. The van der Waals surface area contributed by atoms with Gasteiger partial charge in [0.1, 0.15) is 17.5 Å². The first-order chi connectivity index (χ1) is 13.1. The van der Waals surface area contributed by atoms with Gasteiger partial charge in [0, 0.05) is 12.8 Å². The molecule has 2 heterocycles. The van der Waals surface area contributed by atoms with E-state index in [9.17, 15) is 9.59 Å². The molecule has 8 nitrogen and oxygen atoms in total. The van der Waals surface area contributed by atoms with E-state index in [2.05, 4.69) is 10.9 Å². The number of furan rings is 1. The van der Waals surface area contributed by atoms with Crippen LogP contribution in [0.4, 0.5) is 0 Å². The first-order valence-corrected chi connectivity index (χ1v) is 8.81. The van der Waals surface area contributed by atoms with Crippen LogP contribution < -0.4 is 25.2 Å². The molecule has 1 aromatic heterocycles. The number of ether oxygens (including phenoxy) is 2. The fraction of sp³-hybridized carbons (Fsp3) is 0.368. The van der Waals surface area contributed by atoms with Crippen LogP contribution in [0.3, 0.4) is 0 Å². The highest BCUT2D eigenvalue weighted by Crippen LogP contribution is 2.31. The number of likely N-dealkylation sites (tertiary alicyclic amines) is 1. The van der Waals surface area contributed by atoms with Crippen molar-refractivity contribution in [1.29, 1.82) is 0 Å². The number of hydrogen-bond acceptors (Lipinski definition) is 5. The molecule has 1 aliphatic heterocycles. The number of hydrazine groups is 1. The largest absolute Gasteiger partial charge is 0.497 e. The molecule has 2 amide bonds. The minimum atomic E-state index is -0.490. The second kappa shape index (κ2) is 8.59. The van der Waals surface area contributed by atoms with Crippen LogP contribution in [0.15, 0.2) is 41.0 Å². The molecule has 1 fully saturated rings. The van der Waals surface area contributed by atoms with E-state index < -0.39 is 5.91 Å². The molecule has 0 radical (unpaired) electrons. The molecular weight excluding hydrogens is 350 g/mol. The molecule has 2 aromatic rings. The third-order valence-electron chi connectivity index (χ3n) is 4.74. The maximum atomic E-state index is 12.3. The average Bonchev–Trinajstić information content (AvgIpc) is 3.37. The van der Waals surface area contributed by atoms with Crippen molar-refractivity contribution in [1.82, 2.24) is 10.9 Å². The molecular formula is C19H24N3O5+. The predicted molar refractivity (Wildman–Crippen MR) is 96.5 cm³/mol. The topological polar surface area (TPSA) is 94.2 Å². The van der Waals surface area contributed by atoms with Gasteiger partial charge >= 0.3 is 5.91 Å². The van der Waals surface area contributed by atoms with Crippen LogP contribution in [0.5, 0.6) is 11.5 Å². The van der Waals surface area contributed by atoms with Crippen molar-refractivity contribution < 1.29 is 28.4 Å². The number of benzene rings is 1. The summed E-state index contributed by atoms with van der Waals surface area (Å²) in [6.07, 6.45) is 3.36. The average molecular weight is 374 g/mol. The van der Waals surface area contributed by atoms with Gasteiger partial charge in [0.25, 0.3) is 5.91 Å². The van der Waals surface area contributed by atoms with Crippen LogP contribution in [-0.2, 0) is 4.79 Å². The van der Waals surface area contributed by atoms with E-state index in [1.165, 1.54) is 12.3 Å². The van der Waals surface area contributed by atoms with Crippen LogP contribution in [-0.4, -0.2) is 39.1 Å². The second-order valence-corrected chi connectivity index (χ2v) is 6.37. The van der Waals surface area contributed by atoms with Crippen LogP contribution >= 0.6 is 0 Å². The lowest BCUT2D eigenvalue weighted by Gasteiger charge is -2.23. The molecule has 0 bridgehead atoms. The van der Waals surface area contributed by atoms with Crippen LogP contribution in [0, 0.1) is 0 Å². The van der Waals surface area contributed by atoms with Gasteiger partial charge in [-0.25, -0.2) is 0 Å². The summed E-state index contributed by atoms with van der Waals surface area (Å²) in [6, 6.07) is 8.96. The predicted octanol–water partition coefficient (Wildman–Crippen LogP) is 0.478. The summed E-state index contributed by atoms with van der Waals surface area (Å²) in [7, 11) is 3.26. The number of quaternary nitrogens is 1. The van der Waals surface area contributed by atoms with Crippen molar-refractivity contribution in [3.63, 3.8) is 0 Å². The highest BCUT2D eigenvalue weighted by molar-refractivity contribution is 5.92. The highest BCUT2D eigenvalue weighted by Gasteiger charge is 2.34. The van der Waals surface area contributed by atoms with E-state index in [-0.39, 0.29) is 24.3 Å². The normalized spacial score (nSPS) is 18.7. The summed E-state index contributed by atoms with van der Waals surface area (Å²) in [6.45, 7) is 1.11. The Bertz CT molecular complexity index is 791. The third-order valence-corrected chi connectivity index (χ3v) is 4.74. The maximum absolute atomic E-state index is 12.3. The minimum Gasteiger partial charge on any atom is -0.497 e. The Kier molecular flexibility index (Phi) is 5.97. The van der Waals surface area contributed by atoms with Crippen molar-refractivity contribution in [2.45, 2.75) is 18.9 Å². The van der Waals surface area contributed by atoms with E-state index in [1.54, 1.807) is 20.3 Å². The number of hydrogen-bond donors (Lipinski definition) is 3. The smallest absolute Gasteiger partial charge is 0.305 e. The van der Waals surface area contributed by atoms with Gasteiger partial charge in [-0.1, -0.05) is 0 Å². The molecule has 3 N–H and O–H groups in total. The zero-order chi connectivity index (χ0) is 19.2. The van der Waals surface area contributed by atoms with E-state index in [1.807, 2.05) is 18.2 Å². The first-order valence-electron chi connectivity index (χ1n) is 8.81. The summed E-state index contributed by atoms with van der Waals surface area (Å²) < 4.78 is 15.8. The molecule has 1 unspecified atom stereocenters. The molecule has 2 atom stereocenters. The van der Waals surface area contributed by atoms with Gasteiger partial charge in [-0.2, -0.15) is 0 Å². The molecule has 0 saturated carbocycles. The number of nitrogens with one attached hydrogen (secondary N) is 3. The lowest BCUT2D eigenvalue weighted by molar-refractivity contribution is -0.910. The summed E-state index contributed by atoms with van der Waals surface area (Å²) in [5.41, 5.74) is 5.83. The van der Waals surface area contributed by atoms with Gasteiger partial charge in [0.2, 0.25) is 0 Å². The summed E-state index contributed by atoms with van der Waals surface area (Å²) in [5, 5.41) is 0. The first kappa shape index (κ1) is 18.8. The third kappa shape index (κ3) is 4.40. The Morgan fingerprint density at radius 1 is 1.22 bits per heavy atom. The van der Waals surface area contributed by atoms with E-state index >= 15 is 0 Å².